The molecule has 4 nitrogen and oxygen atoms in total. The van der Waals surface area contributed by atoms with E-state index in [-0.39, 0.29) is 47.0 Å². The summed E-state index contributed by atoms with van der Waals surface area (Å²) in [5.41, 5.74) is 0. The van der Waals surface area contributed by atoms with Crippen molar-refractivity contribution in [3.8, 4) is 0 Å². The van der Waals surface area contributed by atoms with Crippen molar-refractivity contribution >= 4 is 47.0 Å². The molecule has 5 heteroatoms. The predicted octanol–water partition coefficient (Wildman–Crippen LogP) is 3.60. The van der Waals surface area contributed by atoms with E-state index in [1.807, 2.05) is 0 Å². The third-order valence-corrected chi connectivity index (χ3v) is 1.52. The molecule has 0 N–H and O–H groups in total. The molecule has 0 aromatic heterocycles. The van der Waals surface area contributed by atoms with Crippen LogP contribution in [0.15, 0.2) is 0 Å². The number of carbonyl (C=O) groups is 4. The van der Waals surface area contributed by atoms with Gasteiger partial charge in [0.2, 0.25) is 0 Å². The molecular weight excluding hydrogens is 399 g/mol. The third-order valence-electron chi connectivity index (χ3n) is 1.52. The molecule has 136 valence electrons. The van der Waals surface area contributed by atoms with Crippen molar-refractivity contribution in [1.82, 2.24) is 0 Å². The second-order valence-corrected chi connectivity index (χ2v) is 4.44. The van der Waals surface area contributed by atoms with Gasteiger partial charge in [0.25, 0.3) is 0 Å². The largest absolute Gasteiger partial charge is 0.343 e. The number of Topliss-reactive ketones (excluding diaryl/α,β-unsaturated/α-hetero) is 4. The van der Waals surface area contributed by atoms with Crippen molar-refractivity contribution in [3.05, 3.63) is 26.7 Å². The maximum Gasteiger partial charge on any atom is 0.00219 e. The molecule has 0 saturated heterocycles. The predicted molar refractivity (Wildman–Crippen MR) is 97.6 cm³/mol. The molecule has 0 aliphatic carbocycles. The summed E-state index contributed by atoms with van der Waals surface area (Å²) in [7, 11) is 0. The smallest absolute Gasteiger partial charge is 0.00219 e. The summed E-state index contributed by atoms with van der Waals surface area (Å²) < 4.78 is 0. The molecule has 0 bridgehead atoms. The van der Waals surface area contributed by atoms with Gasteiger partial charge in [-0.05, 0) is 27.7 Å². The van der Waals surface area contributed by atoms with Gasteiger partial charge in [0.05, 0.1) is 0 Å². The first-order valence-corrected chi connectivity index (χ1v) is 7.39. The zero-order valence-electron chi connectivity index (χ0n) is 15.5. The van der Waals surface area contributed by atoms with E-state index >= 15 is 0 Å². The van der Waals surface area contributed by atoms with E-state index in [2.05, 4.69) is 27.7 Å². The summed E-state index contributed by atoms with van der Waals surface area (Å²) in [6, 6.07) is 0. The minimum Gasteiger partial charge on any atom is -0.343 e. The molecule has 0 atom stereocenters. The van der Waals surface area contributed by atoms with E-state index < -0.39 is 0 Å². The molecule has 0 aliphatic heterocycles. The molecule has 0 rings (SSSR count). The molecule has 0 amide bonds. The summed E-state index contributed by atoms with van der Waals surface area (Å²) >= 11 is 0. The molecule has 0 aromatic rings. The Bertz CT molecular complexity index is 241. The zero-order valence-corrected chi connectivity index (χ0v) is 18.4. The molecule has 0 aromatic carbocycles. The standard InChI is InChI=1S/2C5H7O2.2C4H9.Sn/c2*1-4(6)3-5(2)7;2*1-3-4-2;/h2*3H,1-2H3;2*1,3-4H2,2H3;/q4*-1;. The molecule has 4 radical (unpaired) electrons. The number of rotatable bonds is 6. The first-order valence-electron chi connectivity index (χ1n) is 7.39. The summed E-state index contributed by atoms with van der Waals surface area (Å²) in [6.45, 7) is 16.8. The topological polar surface area (TPSA) is 68.3 Å². The van der Waals surface area contributed by atoms with Gasteiger partial charge in [0.15, 0.2) is 0 Å². The first kappa shape index (κ1) is 33.7. The zero-order chi connectivity index (χ0) is 18.6. The number of ketones is 4. The molecule has 0 fully saturated rings. The Kier molecular flexibility index (Phi) is 42.9. The monoisotopic (exact) mass is 432 g/mol. The average Bonchev–Trinajstić information content (AvgIpc) is 2.36. The SMILES string of the molecule is CC(=O)[CH-]C(C)=O.CC(=O)[CH-]C(C)=O.[CH2-]CCC.[CH2-]CCC.[Sn]. The Balaban J connectivity index is -0.0000000639. The molecule has 0 saturated carbocycles. The van der Waals surface area contributed by atoms with Crippen LogP contribution in [0.2, 0.25) is 0 Å². The minimum absolute atomic E-state index is 0. The van der Waals surface area contributed by atoms with Crippen LogP contribution in [0, 0.1) is 26.7 Å². The van der Waals surface area contributed by atoms with Crippen molar-refractivity contribution in [1.29, 1.82) is 0 Å². The number of carbonyl (C=O) groups excluding carboxylic acids is 4. The third kappa shape index (κ3) is 92.2. The van der Waals surface area contributed by atoms with Crippen molar-refractivity contribution in [3.63, 3.8) is 0 Å². The number of hydrogen-bond acceptors (Lipinski definition) is 4. The van der Waals surface area contributed by atoms with Crippen LogP contribution in [0.25, 0.3) is 0 Å². The molecule has 23 heavy (non-hydrogen) atoms. The van der Waals surface area contributed by atoms with Gasteiger partial charge in [-0.2, -0.15) is 12.8 Å². The maximum absolute atomic E-state index is 9.98. The summed E-state index contributed by atoms with van der Waals surface area (Å²) in [5.74, 6) is -0.750. The van der Waals surface area contributed by atoms with Crippen LogP contribution >= 0.6 is 0 Å². The van der Waals surface area contributed by atoms with Gasteiger partial charge in [-0.1, -0.05) is 26.7 Å². The van der Waals surface area contributed by atoms with E-state index in [1.165, 1.54) is 40.5 Å². The molecule has 0 spiro atoms. The fraction of sp³-hybridized carbons (Fsp3) is 0.556. The normalized spacial score (nSPS) is 7.30. The maximum atomic E-state index is 9.98. The van der Waals surface area contributed by atoms with Crippen LogP contribution < -0.4 is 0 Å². The minimum atomic E-state index is -0.187. The van der Waals surface area contributed by atoms with Gasteiger partial charge in [-0.15, -0.1) is 0 Å². The number of hydrogen-bond donors (Lipinski definition) is 0. The van der Waals surface area contributed by atoms with E-state index in [1.54, 1.807) is 0 Å². The molecular formula is C18H32O4Sn-4. The van der Waals surface area contributed by atoms with Crippen LogP contribution in [0.4, 0.5) is 0 Å². The van der Waals surface area contributed by atoms with Gasteiger partial charge in [-0.3, -0.25) is 12.8 Å². The Morgan fingerprint density at radius 3 is 0.783 bits per heavy atom. The van der Waals surface area contributed by atoms with Crippen LogP contribution in [0.3, 0.4) is 0 Å². The van der Waals surface area contributed by atoms with Crippen LogP contribution in [0.5, 0.6) is 0 Å². The van der Waals surface area contributed by atoms with E-state index in [0.717, 1.165) is 25.7 Å². The van der Waals surface area contributed by atoms with E-state index in [4.69, 9.17) is 0 Å². The molecule has 0 aliphatic rings. The summed E-state index contributed by atoms with van der Waals surface area (Å²) in [4.78, 5) is 39.9. The average molecular weight is 431 g/mol. The Hall–Kier alpha value is -0.781. The summed E-state index contributed by atoms with van der Waals surface area (Å²) in [5, 5.41) is 0. The van der Waals surface area contributed by atoms with Crippen molar-refractivity contribution in [2.45, 2.75) is 67.2 Å². The molecule has 0 heterocycles. The van der Waals surface area contributed by atoms with Gasteiger partial charge in [0.1, 0.15) is 0 Å². The van der Waals surface area contributed by atoms with Gasteiger partial charge in [0, 0.05) is 47.0 Å². The number of unbranched alkanes of at least 4 members (excludes halogenated alkanes) is 2. The van der Waals surface area contributed by atoms with E-state index in [0.29, 0.717) is 0 Å². The van der Waals surface area contributed by atoms with Gasteiger partial charge < -0.3 is 33.0 Å². The Morgan fingerprint density at radius 1 is 0.652 bits per heavy atom. The van der Waals surface area contributed by atoms with Crippen molar-refractivity contribution < 1.29 is 19.2 Å². The van der Waals surface area contributed by atoms with Crippen LogP contribution in [-0.2, 0) is 19.2 Å². The second-order valence-electron chi connectivity index (χ2n) is 4.44. The molecule has 0 unspecified atom stereocenters. The first-order chi connectivity index (χ1) is 10.1. The van der Waals surface area contributed by atoms with Gasteiger partial charge in [-0.25, -0.2) is 0 Å². The van der Waals surface area contributed by atoms with Crippen LogP contribution in [0.1, 0.15) is 67.2 Å². The summed E-state index contributed by atoms with van der Waals surface area (Å²) in [6.07, 6.45) is 6.67. The van der Waals surface area contributed by atoms with Crippen molar-refractivity contribution in [2.24, 2.45) is 0 Å². The Morgan fingerprint density at radius 2 is 0.783 bits per heavy atom. The fourth-order valence-electron chi connectivity index (χ4n) is 0.572. The van der Waals surface area contributed by atoms with E-state index in [9.17, 15) is 19.2 Å². The van der Waals surface area contributed by atoms with Gasteiger partial charge >= 0.3 is 0 Å². The Labute approximate surface area is 160 Å². The fourth-order valence-corrected chi connectivity index (χ4v) is 0.572. The second kappa shape index (κ2) is 29.3. The quantitative estimate of drug-likeness (QED) is 0.366. The van der Waals surface area contributed by atoms with Crippen molar-refractivity contribution in [2.75, 3.05) is 0 Å². The van der Waals surface area contributed by atoms with Crippen LogP contribution in [-0.4, -0.2) is 47.0 Å².